The smallest absolute Gasteiger partial charge is 0.407 e. The first-order chi connectivity index (χ1) is 22.9. The Morgan fingerprint density at radius 1 is 1.04 bits per heavy atom. The van der Waals surface area contributed by atoms with Gasteiger partial charge in [0.25, 0.3) is 0 Å². The minimum absolute atomic E-state index is 0.0793. The molecule has 262 valence electrons. The van der Waals surface area contributed by atoms with Crippen LogP contribution in [0, 0.1) is 11.8 Å². The van der Waals surface area contributed by atoms with E-state index in [9.17, 15) is 19.5 Å². The SMILES string of the molecule is CC(C)[C@@H](CNC(=O)OCc1cncs1)C(=O)N[C@H](Cc1ccccc1)[C@@H](O)CN1CCN(Cc2cncs2)C[C@@H]1C(=O)NC(C)(C)C. The molecule has 1 aliphatic rings. The van der Waals surface area contributed by atoms with E-state index in [4.69, 9.17) is 4.74 Å². The number of benzene rings is 1. The van der Waals surface area contributed by atoms with E-state index in [-0.39, 0.29) is 37.4 Å². The van der Waals surface area contributed by atoms with E-state index in [1.165, 1.54) is 11.3 Å². The number of carbonyl (C=O) groups is 3. The summed E-state index contributed by atoms with van der Waals surface area (Å²) < 4.78 is 5.28. The van der Waals surface area contributed by atoms with E-state index >= 15 is 0 Å². The van der Waals surface area contributed by atoms with Gasteiger partial charge >= 0.3 is 6.09 Å². The van der Waals surface area contributed by atoms with E-state index < -0.39 is 35.7 Å². The molecule has 0 bridgehead atoms. The Morgan fingerprint density at radius 2 is 1.73 bits per heavy atom. The summed E-state index contributed by atoms with van der Waals surface area (Å²) in [4.78, 5) is 54.2. The fourth-order valence-electron chi connectivity index (χ4n) is 5.62. The fraction of sp³-hybridized carbons (Fsp3) is 0.559. The van der Waals surface area contributed by atoms with Crippen molar-refractivity contribution in [3.63, 3.8) is 0 Å². The second kappa shape index (κ2) is 17.8. The highest BCUT2D eigenvalue weighted by atomic mass is 32.1. The van der Waals surface area contributed by atoms with E-state index in [2.05, 4.69) is 30.8 Å². The highest BCUT2D eigenvalue weighted by molar-refractivity contribution is 7.09. The number of ether oxygens (including phenoxy) is 1. The number of aliphatic hydroxyl groups is 1. The Hall–Kier alpha value is -3.43. The maximum atomic E-state index is 13.8. The molecule has 3 heterocycles. The van der Waals surface area contributed by atoms with Crippen molar-refractivity contribution in [2.45, 2.75) is 77.9 Å². The lowest BCUT2D eigenvalue weighted by atomic mass is 9.93. The van der Waals surface area contributed by atoms with Crippen molar-refractivity contribution < 1.29 is 24.2 Å². The molecule has 4 rings (SSSR count). The topological polar surface area (TPSA) is 149 Å². The van der Waals surface area contributed by atoms with Crippen LogP contribution in [0.25, 0.3) is 0 Å². The molecule has 1 aromatic carbocycles. The molecule has 0 unspecified atom stereocenters. The van der Waals surface area contributed by atoms with Crippen LogP contribution in [0.3, 0.4) is 0 Å². The van der Waals surface area contributed by atoms with Gasteiger partial charge in [-0.2, -0.15) is 0 Å². The third-order valence-corrected chi connectivity index (χ3v) is 9.71. The van der Waals surface area contributed by atoms with E-state index in [0.29, 0.717) is 26.1 Å². The summed E-state index contributed by atoms with van der Waals surface area (Å²) in [5.41, 5.74) is 4.02. The van der Waals surface area contributed by atoms with Crippen LogP contribution in [0.5, 0.6) is 0 Å². The van der Waals surface area contributed by atoms with Crippen LogP contribution in [0.2, 0.25) is 0 Å². The maximum absolute atomic E-state index is 13.8. The summed E-state index contributed by atoms with van der Waals surface area (Å²) in [6.07, 6.45) is 2.30. The summed E-state index contributed by atoms with van der Waals surface area (Å²) in [5, 5.41) is 20.7. The largest absolute Gasteiger partial charge is 0.444 e. The van der Waals surface area contributed by atoms with Crippen molar-refractivity contribution in [2.24, 2.45) is 11.8 Å². The normalized spacial score (nSPS) is 17.8. The summed E-state index contributed by atoms with van der Waals surface area (Å²) in [7, 11) is 0. The molecule has 12 nitrogen and oxygen atoms in total. The lowest BCUT2D eigenvalue weighted by Gasteiger charge is -2.43. The van der Waals surface area contributed by atoms with Crippen molar-refractivity contribution in [1.82, 2.24) is 35.7 Å². The van der Waals surface area contributed by atoms with Gasteiger partial charge in [0.1, 0.15) is 12.6 Å². The highest BCUT2D eigenvalue weighted by Crippen LogP contribution is 2.19. The molecule has 0 spiro atoms. The van der Waals surface area contributed by atoms with Crippen molar-refractivity contribution in [3.05, 3.63) is 69.1 Å². The molecule has 3 aromatic rings. The van der Waals surface area contributed by atoms with Gasteiger partial charge in [-0.15, -0.1) is 22.7 Å². The maximum Gasteiger partial charge on any atom is 0.407 e. The van der Waals surface area contributed by atoms with Crippen molar-refractivity contribution in [1.29, 1.82) is 0 Å². The summed E-state index contributed by atoms with van der Waals surface area (Å²) in [6.45, 7) is 12.6. The third kappa shape index (κ3) is 11.9. The average Bonchev–Trinajstić information content (AvgIpc) is 3.75. The van der Waals surface area contributed by atoms with Crippen LogP contribution in [0.4, 0.5) is 4.79 Å². The van der Waals surface area contributed by atoms with Crippen molar-refractivity contribution >= 4 is 40.6 Å². The van der Waals surface area contributed by atoms with Gasteiger partial charge in [-0.05, 0) is 38.7 Å². The number of amides is 3. The Bertz CT molecular complexity index is 1420. The molecule has 0 saturated carbocycles. The number of hydrogen-bond donors (Lipinski definition) is 4. The number of carbonyl (C=O) groups excluding carboxylic acids is 3. The zero-order valence-electron chi connectivity index (χ0n) is 28.4. The number of alkyl carbamates (subject to hydrolysis) is 1. The molecule has 1 aliphatic heterocycles. The van der Waals surface area contributed by atoms with Gasteiger partial charge in [-0.3, -0.25) is 29.4 Å². The Kier molecular flexibility index (Phi) is 13.9. The first-order valence-electron chi connectivity index (χ1n) is 16.3. The van der Waals surface area contributed by atoms with Crippen molar-refractivity contribution in [2.75, 3.05) is 32.7 Å². The fourth-order valence-corrected chi connectivity index (χ4v) is 6.76. The van der Waals surface area contributed by atoms with E-state index in [1.807, 2.05) is 81.6 Å². The number of nitrogens with zero attached hydrogens (tertiary/aromatic N) is 4. The second-order valence-electron chi connectivity index (χ2n) is 13.6. The lowest BCUT2D eigenvalue weighted by molar-refractivity contribution is -0.132. The number of rotatable bonds is 15. The number of thiazole rings is 2. The number of hydrogen-bond acceptors (Lipinski definition) is 11. The van der Waals surface area contributed by atoms with Crippen LogP contribution >= 0.6 is 22.7 Å². The zero-order valence-corrected chi connectivity index (χ0v) is 30.1. The Balaban J connectivity index is 1.45. The van der Waals surface area contributed by atoms with Gasteiger partial charge in [0.05, 0.1) is 34.0 Å². The van der Waals surface area contributed by atoms with E-state index in [1.54, 1.807) is 23.0 Å². The minimum atomic E-state index is -0.975. The molecule has 4 N–H and O–H groups in total. The van der Waals surface area contributed by atoms with E-state index in [0.717, 1.165) is 21.9 Å². The molecule has 48 heavy (non-hydrogen) atoms. The number of aromatic nitrogens is 2. The predicted molar refractivity (Wildman–Crippen MR) is 187 cm³/mol. The van der Waals surface area contributed by atoms with Crippen LogP contribution in [-0.4, -0.2) is 99.2 Å². The summed E-state index contributed by atoms with van der Waals surface area (Å²) in [5.74, 6) is -1.03. The number of aliphatic hydroxyl groups excluding tert-OH is 1. The van der Waals surface area contributed by atoms with Gasteiger partial charge in [-0.25, -0.2) is 4.79 Å². The quantitative estimate of drug-likeness (QED) is 0.188. The molecular weight excluding hydrogens is 651 g/mol. The molecular formula is C34H49N7O5S2. The van der Waals surface area contributed by atoms with Crippen molar-refractivity contribution in [3.8, 4) is 0 Å². The molecule has 0 aliphatic carbocycles. The molecule has 1 fully saturated rings. The summed E-state index contributed by atoms with van der Waals surface area (Å²) in [6, 6.07) is 8.57. The number of piperazine rings is 1. The van der Waals surface area contributed by atoms with Gasteiger partial charge in [0.15, 0.2) is 0 Å². The minimum Gasteiger partial charge on any atom is -0.444 e. The lowest BCUT2D eigenvalue weighted by Crippen LogP contribution is -2.63. The first kappa shape index (κ1) is 37.4. The molecule has 2 aromatic heterocycles. The molecule has 1 saturated heterocycles. The Morgan fingerprint density at radius 3 is 2.35 bits per heavy atom. The predicted octanol–water partition coefficient (Wildman–Crippen LogP) is 3.29. The van der Waals surface area contributed by atoms with Gasteiger partial charge in [-0.1, -0.05) is 44.2 Å². The standard InChI is InChI=1S/C34H49N7O5S2/c1-23(2)27(16-37-33(45)46-20-26-15-36-22-48-26)31(43)38-28(13-24-9-7-6-8-10-24)30(42)19-41-12-11-40(17-25-14-35-21-47-25)18-29(41)32(44)39-34(3,4)5/h6-10,14-15,21-23,27-30,42H,11-13,16-20H2,1-5H3,(H,37,45)(H,38,43)(H,39,44)/t27-,28-,29-,30+/m1/s1. The van der Waals surface area contributed by atoms with Crippen LogP contribution in [-0.2, 0) is 33.9 Å². The van der Waals surface area contributed by atoms with Crippen LogP contribution in [0.1, 0.15) is 49.9 Å². The number of nitrogens with one attached hydrogen (secondary N) is 3. The highest BCUT2D eigenvalue weighted by Gasteiger charge is 2.37. The third-order valence-electron chi connectivity index (χ3n) is 8.19. The van der Waals surface area contributed by atoms with Crippen LogP contribution < -0.4 is 16.0 Å². The van der Waals surface area contributed by atoms with Crippen LogP contribution in [0.15, 0.2) is 53.7 Å². The Labute approximate surface area is 291 Å². The van der Waals surface area contributed by atoms with Gasteiger partial charge in [0.2, 0.25) is 11.8 Å². The molecule has 14 heteroatoms. The van der Waals surface area contributed by atoms with Gasteiger partial charge < -0.3 is 25.8 Å². The first-order valence-corrected chi connectivity index (χ1v) is 18.1. The molecule has 4 atom stereocenters. The summed E-state index contributed by atoms with van der Waals surface area (Å²) >= 11 is 2.98. The number of β-amino-alcohol motifs (C(OH)–C–C–N with tert-alkyl or cyclic N) is 1. The molecule has 3 amide bonds. The average molecular weight is 700 g/mol. The second-order valence-corrected chi connectivity index (χ2v) is 15.5. The monoisotopic (exact) mass is 699 g/mol. The zero-order chi connectivity index (χ0) is 34.7. The van der Waals surface area contributed by atoms with Gasteiger partial charge in [0, 0.05) is 62.1 Å². The molecule has 0 radical (unpaired) electrons.